The lowest BCUT2D eigenvalue weighted by Crippen LogP contribution is -2.19. The van der Waals surface area contributed by atoms with Gasteiger partial charge in [0.25, 0.3) is 0 Å². The van der Waals surface area contributed by atoms with Crippen molar-refractivity contribution < 1.29 is 9.53 Å². The molecule has 0 radical (unpaired) electrons. The second-order valence-electron chi connectivity index (χ2n) is 3.11. The van der Waals surface area contributed by atoms with Crippen molar-refractivity contribution in [2.75, 3.05) is 6.61 Å². The zero-order valence-corrected chi connectivity index (χ0v) is 7.27. The van der Waals surface area contributed by atoms with E-state index < -0.39 is 0 Å². The minimum atomic E-state index is -0.232. The van der Waals surface area contributed by atoms with Gasteiger partial charge in [-0.3, -0.25) is 9.78 Å². The number of Topliss-reactive ketones (excluding diaryl/α,β-unsaturated/α-hetero) is 1. The van der Waals surface area contributed by atoms with Crippen molar-refractivity contribution >= 4 is 5.78 Å². The van der Waals surface area contributed by atoms with Crippen molar-refractivity contribution in [2.45, 2.75) is 18.9 Å². The first-order valence-electron chi connectivity index (χ1n) is 4.44. The molecule has 3 nitrogen and oxygen atoms in total. The fraction of sp³-hybridized carbons (Fsp3) is 0.400. The molecule has 1 saturated heterocycles. The molecule has 1 unspecified atom stereocenters. The molecule has 0 spiro atoms. The topological polar surface area (TPSA) is 39.2 Å². The zero-order valence-electron chi connectivity index (χ0n) is 7.27. The van der Waals surface area contributed by atoms with E-state index in [1.807, 2.05) is 0 Å². The summed E-state index contributed by atoms with van der Waals surface area (Å²) in [6.07, 6.45) is 4.84. The second-order valence-corrected chi connectivity index (χ2v) is 3.11. The summed E-state index contributed by atoms with van der Waals surface area (Å²) >= 11 is 0. The van der Waals surface area contributed by atoms with Gasteiger partial charge in [-0.1, -0.05) is 0 Å². The van der Waals surface area contributed by atoms with Gasteiger partial charge >= 0.3 is 0 Å². The molecule has 2 rings (SSSR count). The molecule has 0 saturated carbocycles. The third-order valence-corrected chi connectivity index (χ3v) is 2.17. The SMILES string of the molecule is O=C(c1cccnc1)C1CCCO1. The van der Waals surface area contributed by atoms with Crippen molar-refractivity contribution in [2.24, 2.45) is 0 Å². The number of carbonyl (C=O) groups excluding carboxylic acids is 1. The second kappa shape index (κ2) is 3.66. The van der Waals surface area contributed by atoms with Gasteiger partial charge in [0.05, 0.1) is 0 Å². The van der Waals surface area contributed by atoms with Crippen molar-refractivity contribution in [3.63, 3.8) is 0 Å². The summed E-state index contributed by atoms with van der Waals surface area (Å²) in [6, 6.07) is 3.54. The Balaban J connectivity index is 2.13. The number of aromatic nitrogens is 1. The van der Waals surface area contributed by atoms with Crippen LogP contribution in [0.2, 0.25) is 0 Å². The number of rotatable bonds is 2. The molecule has 0 aromatic carbocycles. The van der Waals surface area contributed by atoms with Crippen LogP contribution in [0.3, 0.4) is 0 Å². The zero-order chi connectivity index (χ0) is 9.10. The molecule has 0 aliphatic carbocycles. The molecule has 0 N–H and O–H groups in total. The molecular formula is C10H11NO2. The highest BCUT2D eigenvalue weighted by molar-refractivity contribution is 5.99. The normalized spacial score (nSPS) is 21.7. The van der Waals surface area contributed by atoms with E-state index in [1.165, 1.54) is 0 Å². The first-order chi connectivity index (χ1) is 6.38. The molecular weight excluding hydrogens is 166 g/mol. The third kappa shape index (κ3) is 1.75. The Bertz CT molecular complexity index is 291. The minimum Gasteiger partial charge on any atom is -0.370 e. The van der Waals surface area contributed by atoms with Gasteiger partial charge in [0.2, 0.25) is 0 Å². The van der Waals surface area contributed by atoms with Crippen LogP contribution in [0.25, 0.3) is 0 Å². The predicted octanol–water partition coefficient (Wildman–Crippen LogP) is 1.44. The van der Waals surface area contributed by atoms with E-state index in [0.29, 0.717) is 12.2 Å². The van der Waals surface area contributed by atoms with Crippen molar-refractivity contribution in [1.82, 2.24) is 4.98 Å². The largest absolute Gasteiger partial charge is 0.370 e. The Morgan fingerprint density at radius 2 is 2.54 bits per heavy atom. The number of pyridine rings is 1. The maximum atomic E-state index is 11.7. The van der Waals surface area contributed by atoms with Gasteiger partial charge in [-0.2, -0.15) is 0 Å². The number of hydrogen-bond acceptors (Lipinski definition) is 3. The van der Waals surface area contributed by atoms with E-state index in [2.05, 4.69) is 4.98 Å². The van der Waals surface area contributed by atoms with Crippen LogP contribution in [0.1, 0.15) is 23.2 Å². The molecule has 1 fully saturated rings. The van der Waals surface area contributed by atoms with E-state index in [-0.39, 0.29) is 11.9 Å². The van der Waals surface area contributed by atoms with Gasteiger partial charge in [0.1, 0.15) is 6.10 Å². The first-order valence-corrected chi connectivity index (χ1v) is 4.44. The van der Waals surface area contributed by atoms with Crippen LogP contribution >= 0.6 is 0 Å². The summed E-state index contributed by atoms with van der Waals surface area (Å²) in [5.41, 5.74) is 0.648. The van der Waals surface area contributed by atoms with Gasteiger partial charge in [-0.25, -0.2) is 0 Å². The number of hydrogen-bond donors (Lipinski definition) is 0. The Labute approximate surface area is 76.7 Å². The summed E-state index contributed by atoms with van der Waals surface area (Å²) in [5, 5.41) is 0. The predicted molar refractivity (Wildman–Crippen MR) is 47.5 cm³/mol. The van der Waals surface area contributed by atoms with Gasteiger partial charge in [-0.15, -0.1) is 0 Å². The van der Waals surface area contributed by atoms with Crippen molar-refractivity contribution in [1.29, 1.82) is 0 Å². The Morgan fingerprint density at radius 1 is 1.62 bits per heavy atom. The Hall–Kier alpha value is -1.22. The van der Waals surface area contributed by atoms with E-state index in [1.54, 1.807) is 24.5 Å². The summed E-state index contributed by atoms with van der Waals surface area (Å²) in [6.45, 7) is 0.705. The molecule has 1 aliphatic heterocycles. The maximum absolute atomic E-state index is 11.7. The lowest BCUT2D eigenvalue weighted by molar-refractivity contribution is 0.0642. The summed E-state index contributed by atoms with van der Waals surface area (Å²) < 4.78 is 5.29. The van der Waals surface area contributed by atoms with E-state index >= 15 is 0 Å². The fourth-order valence-electron chi connectivity index (χ4n) is 1.48. The molecule has 3 heteroatoms. The quantitative estimate of drug-likeness (QED) is 0.642. The van der Waals surface area contributed by atoms with Crippen LogP contribution in [0.5, 0.6) is 0 Å². The van der Waals surface area contributed by atoms with Gasteiger partial charge < -0.3 is 4.74 Å². The molecule has 68 valence electrons. The monoisotopic (exact) mass is 177 g/mol. The maximum Gasteiger partial charge on any atom is 0.193 e. The molecule has 1 aromatic rings. The Morgan fingerprint density at radius 3 is 3.15 bits per heavy atom. The summed E-state index contributed by atoms with van der Waals surface area (Å²) in [5.74, 6) is 0.0607. The number of nitrogens with zero attached hydrogens (tertiary/aromatic N) is 1. The van der Waals surface area contributed by atoms with Crippen LogP contribution in [0.4, 0.5) is 0 Å². The van der Waals surface area contributed by atoms with Crippen molar-refractivity contribution in [3.8, 4) is 0 Å². The number of carbonyl (C=O) groups is 1. The molecule has 1 aliphatic rings. The van der Waals surface area contributed by atoms with Crippen LogP contribution in [-0.4, -0.2) is 23.5 Å². The van der Waals surface area contributed by atoms with E-state index in [9.17, 15) is 4.79 Å². The summed E-state index contributed by atoms with van der Waals surface area (Å²) in [7, 11) is 0. The van der Waals surface area contributed by atoms with Crippen LogP contribution < -0.4 is 0 Å². The van der Waals surface area contributed by atoms with Crippen molar-refractivity contribution in [3.05, 3.63) is 30.1 Å². The Kier molecular flexibility index (Phi) is 2.36. The highest BCUT2D eigenvalue weighted by Gasteiger charge is 2.24. The lowest BCUT2D eigenvalue weighted by atomic mass is 10.1. The van der Waals surface area contributed by atoms with E-state index in [4.69, 9.17) is 4.74 Å². The molecule has 0 amide bonds. The van der Waals surface area contributed by atoms with Gasteiger partial charge in [0.15, 0.2) is 5.78 Å². The van der Waals surface area contributed by atoms with E-state index in [0.717, 1.165) is 12.8 Å². The number of ether oxygens (including phenoxy) is 1. The smallest absolute Gasteiger partial charge is 0.193 e. The van der Waals surface area contributed by atoms with Crippen LogP contribution in [-0.2, 0) is 4.74 Å². The van der Waals surface area contributed by atoms with Gasteiger partial charge in [0, 0.05) is 24.6 Å². The highest BCUT2D eigenvalue weighted by Crippen LogP contribution is 2.16. The third-order valence-electron chi connectivity index (χ3n) is 2.17. The first kappa shape index (κ1) is 8.38. The van der Waals surface area contributed by atoms with Crippen LogP contribution in [0, 0.1) is 0 Å². The summed E-state index contributed by atoms with van der Waals surface area (Å²) in [4.78, 5) is 15.6. The molecule has 13 heavy (non-hydrogen) atoms. The minimum absolute atomic E-state index is 0.0607. The molecule has 2 heterocycles. The standard InChI is InChI=1S/C10H11NO2/c12-10(9-4-2-6-13-9)8-3-1-5-11-7-8/h1,3,5,7,9H,2,4,6H2. The molecule has 0 bridgehead atoms. The van der Waals surface area contributed by atoms with Gasteiger partial charge in [-0.05, 0) is 25.0 Å². The highest BCUT2D eigenvalue weighted by atomic mass is 16.5. The molecule has 1 aromatic heterocycles. The fourth-order valence-corrected chi connectivity index (χ4v) is 1.48. The number of ketones is 1. The average Bonchev–Trinajstić information content (AvgIpc) is 2.71. The van der Waals surface area contributed by atoms with Crippen LogP contribution in [0.15, 0.2) is 24.5 Å². The lowest BCUT2D eigenvalue weighted by Gasteiger charge is -2.06. The average molecular weight is 177 g/mol. The molecule has 1 atom stereocenters.